The Kier molecular flexibility index (Phi) is 2.25. The van der Waals surface area contributed by atoms with Gasteiger partial charge in [-0.25, -0.2) is 0 Å². The lowest BCUT2D eigenvalue weighted by molar-refractivity contribution is 0.282. The molecular formula is C11H14N2O. The summed E-state index contributed by atoms with van der Waals surface area (Å²) in [6, 6.07) is 6.28. The van der Waals surface area contributed by atoms with Gasteiger partial charge in [0.05, 0.1) is 18.3 Å². The number of aromatic nitrogens is 2. The lowest BCUT2D eigenvalue weighted by Gasteiger charge is -2.06. The lowest BCUT2D eigenvalue weighted by Crippen LogP contribution is -2.01. The third-order valence-electron chi connectivity index (χ3n) is 2.33. The van der Waals surface area contributed by atoms with Gasteiger partial charge in [-0.05, 0) is 31.5 Å². The highest BCUT2D eigenvalue weighted by Gasteiger charge is 2.05. The average molecular weight is 190 g/mol. The monoisotopic (exact) mass is 190 g/mol. The predicted octanol–water partition coefficient (Wildman–Crippen LogP) is 2.11. The summed E-state index contributed by atoms with van der Waals surface area (Å²) in [5.41, 5.74) is 2.05. The molecule has 0 radical (unpaired) electrons. The Hall–Kier alpha value is -1.35. The normalized spacial score (nSPS) is 11.4. The Morgan fingerprint density at radius 2 is 2.21 bits per heavy atom. The van der Waals surface area contributed by atoms with Crippen molar-refractivity contribution in [3.63, 3.8) is 0 Å². The smallest absolute Gasteiger partial charge is 0.0685 e. The summed E-state index contributed by atoms with van der Waals surface area (Å²) in [7, 11) is 0. The van der Waals surface area contributed by atoms with Crippen LogP contribution in [0.5, 0.6) is 0 Å². The number of aliphatic hydroxyl groups is 1. The molecular weight excluding hydrogens is 176 g/mol. The van der Waals surface area contributed by atoms with Gasteiger partial charge in [0.1, 0.15) is 0 Å². The van der Waals surface area contributed by atoms with E-state index in [1.165, 1.54) is 0 Å². The van der Waals surface area contributed by atoms with Crippen LogP contribution in [0.3, 0.4) is 0 Å². The topological polar surface area (TPSA) is 38.0 Å². The molecule has 2 aromatic rings. The van der Waals surface area contributed by atoms with E-state index in [0.717, 1.165) is 16.5 Å². The van der Waals surface area contributed by atoms with Crippen LogP contribution in [0.25, 0.3) is 10.9 Å². The van der Waals surface area contributed by atoms with Crippen LogP contribution in [0.15, 0.2) is 24.4 Å². The van der Waals surface area contributed by atoms with Crippen molar-refractivity contribution in [2.24, 2.45) is 0 Å². The Bertz CT molecular complexity index is 445. The van der Waals surface area contributed by atoms with E-state index in [0.29, 0.717) is 6.04 Å². The zero-order chi connectivity index (χ0) is 10.1. The summed E-state index contributed by atoms with van der Waals surface area (Å²) in [5, 5.41) is 14.4. The first-order valence-corrected chi connectivity index (χ1v) is 4.79. The first kappa shape index (κ1) is 9.21. The molecule has 0 bridgehead atoms. The molecule has 0 saturated carbocycles. The molecule has 14 heavy (non-hydrogen) atoms. The van der Waals surface area contributed by atoms with Crippen molar-refractivity contribution in [2.45, 2.75) is 26.5 Å². The predicted molar refractivity (Wildman–Crippen MR) is 56.0 cm³/mol. The average Bonchev–Trinajstić information content (AvgIpc) is 2.59. The molecule has 0 spiro atoms. The molecule has 1 N–H and O–H groups in total. The quantitative estimate of drug-likeness (QED) is 0.787. The maximum Gasteiger partial charge on any atom is 0.0685 e. The molecule has 3 nitrogen and oxygen atoms in total. The molecule has 0 atom stereocenters. The number of nitrogens with zero attached hydrogens (tertiary/aromatic N) is 2. The van der Waals surface area contributed by atoms with Gasteiger partial charge in [-0.1, -0.05) is 6.07 Å². The minimum Gasteiger partial charge on any atom is -0.392 e. The Morgan fingerprint density at radius 3 is 2.86 bits per heavy atom. The van der Waals surface area contributed by atoms with Crippen molar-refractivity contribution in [3.05, 3.63) is 30.0 Å². The molecule has 1 heterocycles. The van der Waals surface area contributed by atoms with Gasteiger partial charge < -0.3 is 5.11 Å². The molecule has 3 heteroatoms. The highest BCUT2D eigenvalue weighted by Crippen LogP contribution is 2.18. The van der Waals surface area contributed by atoms with Gasteiger partial charge in [-0.2, -0.15) is 5.10 Å². The molecule has 1 aromatic carbocycles. The fraction of sp³-hybridized carbons (Fsp3) is 0.364. The second-order valence-corrected chi connectivity index (χ2v) is 3.73. The molecule has 0 fully saturated rings. The second kappa shape index (κ2) is 3.42. The number of benzene rings is 1. The summed E-state index contributed by atoms with van der Waals surface area (Å²) < 4.78 is 1.98. The van der Waals surface area contributed by atoms with E-state index in [-0.39, 0.29) is 6.61 Å². The summed E-state index contributed by atoms with van der Waals surface area (Å²) in [5.74, 6) is 0. The number of fused-ring (bicyclic) bond motifs is 1. The first-order chi connectivity index (χ1) is 6.72. The fourth-order valence-electron chi connectivity index (χ4n) is 1.61. The van der Waals surface area contributed by atoms with E-state index in [4.69, 9.17) is 5.11 Å². The van der Waals surface area contributed by atoms with Crippen LogP contribution in [0, 0.1) is 0 Å². The molecule has 0 aliphatic heterocycles. The zero-order valence-corrected chi connectivity index (χ0v) is 8.44. The van der Waals surface area contributed by atoms with E-state index in [9.17, 15) is 0 Å². The third-order valence-corrected chi connectivity index (χ3v) is 2.33. The molecule has 0 aliphatic carbocycles. The van der Waals surface area contributed by atoms with Crippen molar-refractivity contribution in [1.29, 1.82) is 0 Å². The van der Waals surface area contributed by atoms with Crippen molar-refractivity contribution < 1.29 is 5.11 Å². The van der Waals surface area contributed by atoms with Crippen LogP contribution in [0.2, 0.25) is 0 Å². The van der Waals surface area contributed by atoms with Gasteiger partial charge in [0.2, 0.25) is 0 Å². The number of hydrogen-bond donors (Lipinski definition) is 1. The van der Waals surface area contributed by atoms with Gasteiger partial charge in [-0.15, -0.1) is 0 Å². The molecule has 1 aromatic heterocycles. The van der Waals surface area contributed by atoms with E-state index in [2.05, 4.69) is 18.9 Å². The standard InChI is InChI=1S/C11H14N2O/c1-8(2)13-11-4-3-9(7-14)5-10(11)6-12-13/h3-6,8,14H,7H2,1-2H3. The van der Waals surface area contributed by atoms with Crippen molar-refractivity contribution in [2.75, 3.05) is 0 Å². The summed E-state index contributed by atoms with van der Waals surface area (Å²) >= 11 is 0. The van der Waals surface area contributed by atoms with Crippen LogP contribution in [-0.4, -0.2) is 14.9 Å². The fourth-order valence-corrected chi connectivity index (χ4v) is 1.61. The van der Waals surface area contributed by atoms with Gasteiger partial charge in [0.25, 0.3) is 0 Å². The maximum atomic E-state index is 8.99. The summed E-state index contributed by atoms with van der Waals surface area (Å²) in [6.45, 7) is 4.29. The van der Waals surface area contributed by atoms with Gasteiger partial charge >= 0.3 is 0 Å². The Morgan fingerprint density at radius 1 is 1.43 bits per heavy atom. The van der Waals surface area contributed by atoms with Crippen LogP contribution < -0.4 is 0 Å². The van der Waals surface area contributed by atoms with Crippen LogP contribution in [0.4, 0.5) is 0 Å². The van der Waals surface area contributed by atoms with Crippen LogP contribution >= 0.6 is 0 Å². The van der Waals surface area contributed by atoms with Crippen molar-refractivity contribution >= 4 is 10.9 Å². The van der Waals surface area contributed by atoms with Crippen LogP contribution in [-0.2, 0) is 6.61 Å². The number of aliphatic hydroxyl groups excluding tert-OH is 1. The summed E-state index contributed by atoms with van der Waals surface area (Å²) in [4.78, 5) is 0. The van der Waals surface area contributed by atoms with Crippen LogP contribution in [0.1, 0.15) is 25.5 Å². The highest BCUT2D eigenvalue weighted by atomic mass is 16.3. The van der Waals surface area contributed by atoms with E-state index < -0.39 is 0 Å². The largest absolute Gasteiger partial charge is 0.392 e. The first-order valence-electron chi connectivity index (χ1n) is 4.79. The Labute approximate surface area is 83.0 Å². The maximum absolute atomic E-state index is 8.99. The summed E-state index contributed by atoms with van der Waals surface area (Å²) in [6.07, 6.45) is 1.84. The minimum absolute atomic E-state index is 0.0861. The van der Waals surface area contributed by atoms with Gasteiger partial charge in [0, 0.05) is 11.4 Å². The molecule has 0 amide bonds. The molecule has 0 aliphatic rings. The van der Waals surface area contributed by atoms with E-state index >= 15 is 0 Å². The van der Waals surface area contributed by atoms with Crippen molar-refractivity contribution in [1.82, 2.24) is 9.78 Å². The molecule has 0 unspecified atom stereocenters. The van der Waals surface area contributed by atoms with E-state index in [1.54, 1.807) is 0 Å². The third kappa shape index (κ3) is 1.40. The Balaban J connectivity index is 2.59. The number of rotatable bonds is 2. The zero-order valence-electron chi connectivity index (χ0n) is 8.44. The van der Waals surface area contributed by atoms with Crippen molar-refractivity contribution in [3.8, 4) is 0 Å². The second-order valence-electron chi connectivity index (χ2n) is 3.73. The molecule has 2 rings (SSSR count). The SMILES string of the molecule is CC(C)n1ncc2cc(CO)ccc21. The van der Waals surface area contributed by atoms with E-state index in [1.807, 2.05) is 29.1 Å². The molecule has 0 saturated heterocycles. The lowest BCUT2D eigenvalue weighted by atomic mass is 10.2. The van der Waals surface area contributed by atoms with Gasteiger partial charge in [0.15, 0.2) is 0 Å². The van der Waals surface area contributed by atoms with Gasteiger partial charge in [-0.3, -0.25) is 4.68 Å². The number of hydrogen-bond acceptors (Lipinski definition) is 2. The highest BCUT2D eigenvalue weighted by molar-refractivity contribution is 5.79. The molecule has 74 valence electrons. The minimum atomic E-state index is 0.0861.